The van der Waals surface area contributed by atoms with Crippen molar-refractivity contribution in [3.05, 3.63) is 71.0 Å². The summed E-state index contributed by atoms with van der Waals surface area (Å²) in [5.41, 5.74) is 3.94. The zero-order valence-corrected chi connectivity index (χ0v) is 17.0. The summed E-state index contributed by atoms with van der Waals surface area (Å²) in [5, 5.41) is 6.36. The number of amides is 1. The summed E-state index contributed by atoms with van der Waals surface area (Å²) in [6, 6.07) is 14.4. The van der Waals surface area contributed by atoms with Crippen LogP contribution < -0.4 is 0 Å². The molecule has 0 radical (unpaired) electrons. The fourth-order valence-corrected chi connectivity index (χ4v) is 4.03. The first-order valence-electron chi connectivity index (χ1n) is 10.1. The van der Waals surface area contributed by atoms with Crippen LogP contribution in [0, 0.1) is 12.7 Å². The molecule has 2 aliphatic rings. The maximum absolute atomic E-state index is 13.3. The number of rotatable bonds is 4. The Morgan fingerprint density at radius 2 is 1.76 bits per heavy atom. The standard InChI is InChI=1S/C23H27FN4O/c1-17-5-3-4-6-20(17)22-15-21(18-7-9-19(24)10-8-18)25-28(22)23(29)16-27-13-11-26(2)12-14-27/h3-10,22H,11-16H2,1-2H3/t22-/m0/s1. The van der Waals surface area contributed by atoms with Gasteiger partial charge >= 0.3 is 0 Å². The van der Waals surface area contributed by atoms with Crippen molar-refractivity contribution >= 4 is 11.6 Å². The van der Waals surface area contributed by atoms with Crippen LogP contribution in [0.4, 0.5) is 4.39 Å². The molecule has 0 N–H and O–H groups in total. The number of hydrogen-bond donors (Lipinski definition) is 0. The third kappa shape index (κ3) is 4.38. The molecule has 0 spiro atoms. The zero-order chi connectivity index (χ0) is 20.4. The minimum atomic E-state index is -0.272. The maximum atomic E-state index is 13.3. The van der Waals surface area contributed by atoms with E-state index in [9.17, 15) is 9.18 Å². The first-order chi connectivity index (χ1) is 14.0. The second kappa shape index (κ2) is 8.43. The molecule has 2 aromatic carbocycles. The van der Waals surface area contributed by atoms with Crippen molar-refractivity contribution in [1.29, 1.82) is 0 Å². The highest BCUT2D eigenvalue weighted by Gasteiger charge is 2.34. The lowest BCUT2D eigenvalue weighted by Crippen LogP contribution is -2.48. The average molecular weight is 394 g/mol. The molecule has 5 nitrogen and oxygen atoms in total. The molecule has 0 bridgehead atoms. The van der Waals surface area contributed by atoms with Gasteiger partial charge in [-0.3, -0.25) is 9.69 Å². The lowest BCUT2D eigenvalue weighted by Gasteiger charge is -2.33. The Hall–Kier alpha value is -2.57. The molecule has 2 aromatic rings. The van der Waals surface area contributed by atoms with Gasteiger partial charge in [0.1, 0.15) is 5.82 Å². The van der Waals surface area contributed by atoms with Gasteiger partial charge < -0.3 is 4.90 Å². The number of likely N-dealkylation sites (N-methyl/N-ethyl adjacent to an activating group) is 1. The first-order valence-corrected chi connectivity index (χ1v) is 10.1. The van der Waals surface area contributed by atoms with Crippen LogP contribution in [-0.4, -0.2) is 66.2 Å². The fraction of sp³-hybridized carbons (Fsp3) is 0.391. The zero-order valence-electron chi connectivity index (χ0n) is 17.0. The molecule has 0 unspecified atom stereocenters. The number of aryl methyl sites for hydroxylation is 1. The van der Waals surface area contributed by atoms with Gasteiger partial charge in [-0.25, -0.2) is 9.40 Å². The minimum absolute atomic E-state index is 0.0138. The number of benzene rings is 2. The topological polar surface area (TPSA) is 39.2 Å². The summed E-state index contributed by atoms with van der Waals surface area (Å²) in [6.07, 6.45) is 0.630. The van der Waals surface area contributed by atoms with Gasteiger partial charge in [-0.1, -0.05) is 36.4 Å². The Kier molecular flexibility index (Phi) is 5.74. The molecular weight excluding hydrogens is 367 g/mol. The van der Waals surface area contributed by atoms with Crippen molar-refractivity contribution in [2.45, 2.75) is 19.4 Å². The van der Waals surface area contributed by atoms with Crippen molar-refractivity contribution in [3.63, 3.8) is 0 Å². The van der Waals surface area contributed by atoms with E-state index in [1.54, 1.807) is 17.1 Å². The summed E-state index contributed by atoms with van der Waals surface area (Å²) in [6.45, 7) is 6.15. The SMILES string of the molecule is Cc1ccccc1[C@@H]1CC(c2ccc(F)cc2)=NN1C(=O)CN1CCN(C)CC1. The molecule has 1 atom stereocenters. The van der Waals surface area contributed by atoms with E-state index in [-0.39, 0.29) is 17.8 Å². The Balaban J connectivity index is 1.59. The molecule has 29 heavy (non-hydrogen) atoms. The molecule has 152 valence electrons. The van der Waals surface area contributed by atoms with Gasteiger partial charge in [0.15, 0.2) is 0 Å². The van der Waals surface area contributed by atoms with E-state index in [2.05, 4.69) is 35.9 Å². The van der Waals surface area contributed by atoms with Crippen molar-refractivity contribution in [3.8, 4) is 0 Å². The molecule has 2 aliphatic heterocycles. The number of piperazine rings is 1. The number of nitrogens with zero attached hydrogens (tertiary/aromatic N) is 4. The van der Waals surface area contributed by atoms with Gasteiger partial charge in [-0.15, -0.1) is 0 Å². The normalized spacial score (nSPS) is 20.7. The second-order valence-electron chi connectivity index (χ2n) is 7.95. The van der Waals surface area contributed by atoms with E-state index in [1.807, 2.05) is 12.1 Å². The number of halogens is 1. The lowest BCUT2D eigenvalue weighted by molar-refractivity contribution is -0.134. The smallest absolute Gasteiger partial charge is 0.257 e. The Morgan fingerprint density at radius 1 is 1.07 bits per heavy atom. The van der Waals surface area contributed by atoms with Crippen molar-refractivity contribution in [2.75, 3.05) is 39.8 Å². The lowest BCUT2D eigenvalue weighted by atomic mass is 9.95. The molecule has 1 fully saturated rings. The quantitative estimate of drug-likeness (QED) is 0.800. The van der Waals surface area contributed by atoms with Gasteiger partial charge in [-0.2, -0.15) is 5.10 Å². The minimum Gasteiger partial charge on any atom is -0.304 e. The second-order valence-corrected chi connectivity index (χ2v) is 7.95. The van der Waals surface area contributed by atoms with Gasteiger partial charge in [0.2, 0.25) is 0 Å². The van der Waals surface area contributed by atoms with Crippen molar-refractivity contribution in [1.82, 2.24) is 14.8 Å². The van der Waals surface area contributed by atoms with Gasteiger partial charge in [0.05, 0.1) is 18.3 Å². The molecule has 6 heteroatoms. The van der Waals surface area contributed by atoms with Crippen LogP contribution in [0.1, 0.15) is 29.2 Å². The van der Waals surface area contributed by atoms with E-state index in [4.69, 9.17) is 5.10 Å². The summed E-state index contributed by atoms with van der Waals surface area (Å²) >= 11 is 0. The van der Waals surface area contributed by atoms with Gasteiger partial charge in [0, 0.05) is 32.6 Å². The van der Waals surface area contributed by atoms with Crippen LogP contribution in [0.25, 0.3) is 0 Å². The number of hydrazone groups is 1. The van der Waals surface area contributed by atoms with E-state index in [1.165, 1.54) is 12.1 Å². The van der Waals surface area contributed by atoms with E-state index in [0.29, 0.717) is 13.0 Å². The van der Waals surface area contributed by atoms with Crippen molar-refractivity contribution < 1.29 is 9.18 Å². The van der Waals surface area contributed by atoms with Crippen LogP contribution in [-0.2, 0) is 4.79 Å². The van der Waals surface area contributed by atoms with Gasteiger partial charge in [-0.05, 0) is 42.8 Å². The highest BCUT2D eigenvalue weighted by atomic mass is 19.1. The molecule has 4 rings (SSSR count). The number of hydrogen-bond acceptors (Lipinski definition) is 4. The third-order valence-electron chi connectivity index (χ3n) is 5.85. The highest BCUT2D eigenvalue weighted by Crippen LogP contribution is 2.34. The van der Waals surface area contributed by atoms with Crippen LogP contribution in [0.5, 0.6) is 0 Å². The van der Waals surface area contributed by atoms with Crippen LogP contribution in [0.3, 0.4) is 0 Å². The third-order valence-corrected chi connectivity index (χ3v) is 5.85. The molecule has 0 aromatic heterocycles. The highest BCUT2D eigenvalue weighted by molar-refractivity contribution is 6.03. The summed E-state index contributed by atoms with van der Waals surface area (Å²) in [5.74, 6) is -0.259. The number of carbonyl (C=O) groups is 1. The van der Waals surface area contributed by atoms with E-state index < -0.39 is 0 Å². The maximum Gasteiger partial charge on any atom is 0.257 e. The molecule has 2 heterocycles. The molecule has 0 saturated carbocycles. The largest absolute Gasteiger partial charge is 0.304 e. The van der Waals surface area contributed by atoms with Crippen molar-refractivity contribution in [2.24, 2.45) is 5.10 Å². The fourth-order valence-electron chi connectivity index (χ4n) is 4.03. The first kappa shape index (κ1) is 19.7. The predicted octanol–water partition coefficient (Wildman–Crippen LogP) is 3.06. The van der Waals surface area contributed by atoms with E-state index >= 15 is 0 Å². The Labute approximate surface area is 171 Å². The Bertz CT molecular complexity index is 903. The summed E-state index contributed by atoms with van der Waals surface area (Å²) in [4.78, 5) is 17.7. The number of carbonyl (C=O) groups excluding carboxylic acids is 1. The molecule has 1 amide bonds. The summed E-state index contributed by atoms with van der Waals surface area (Å²) < 4.78 is 13.3. The van der Waals surface area contributed by atoms with Crippen LogP contribution in [0.15, 0.2) is 53.6 Å². The predicted molar refractivity (Wildman–Crippen MR) is 112 cm³/mol. The van der Waals surface area contributed by atoms with E-state index in [0.717, 1.165) is 48.6 Å². The summed E-state index contributed by atoms with van der Waals surface area (Å²) in [7, 11) is 2.10. The molecule has 0 aliphatic carbocycles. The average Bonchev–Trinajstić information content (AvgIpc) is 3.16. The van der Waals surface area contributed by atoms with Crippen LogP contribution in [0.2, 0.25) is 0 Å². The van der Waals surface area contributed by atoms with Crippen LogP contribution >= 0.6 is 0 Å². The molecule has 1 saturated heterocycles. The van der Waals surface area contributed by atoms with Gasteiger partial charge in [0.25, 0.3) is 5.91 Å². The molecular formula is C23H27FN4O. The Morgan fingerprint density at radius 3 is 2.45 bits per heavy atom. The monoisotopic (exact) mass is 394 g/mol.